The number of methoxy groups -OCH3 is 1. The number of hydrogen-bond acceptors (Lipinski definition) is 3. The molecule has 0 aromatic carbocycles. The maximum Gasteiger partial charge on any atom is 0.311 e. The average molecular weight is 158 g/mol. The fraction of sp³-hybridized carbons (Fsp3) is 0.875. The molecule has 0 saturated heterocycles. The first-order valence-electron chi connectivity index (χ1n) is 3.84. The Kier molecular flexibility index (Phi) is 2.18. The summed E-state index contributed by atoms with van der Waals surface area (Å²) < 4.78 is 4.64. The van der Waals surface area contributed by atoms with Gasteiger partial charge in [0.2, 0.25) is 0 Å². The predicted molar refractivity (Wildman–Crippen MR) is 39.9 cm³/mol. The summed E-state index contributed by atoms with van der Waals surface area (Å²) in [4.78, 5) is 11.2. The minimum Gasteiger partial charge on any atom is -0.469 e. The molecule has 0 aromatic rings. The van der Waals surface area contributed by atoms with Crippen LogP contribution in [0.2, 0.25) is 0 Å². The van der Waals surface area contributed by atoms with Crippen molar-refractivity contribution < 1.29 is 14.6 Å². The van der Waals surface area contributed by atoms with Crippen molar-refractivity contribution in [3.8, 4) is 0 Å². The molecule has 0 aliphatic heterocycles. The highest BCUT2D eigenvalue weighted by Gasteiger charge is 2.49. The van der Waals surface area contributed by atoms with Crippen molar-refractivity contribution in [1.82, 2.24) is 0 Å². The molecule has 2 atom stereocenters. The van der Waals surface area contributed by atoms with Gasteiger partial charge in [0, 0.05) is 6.61 Å². The van der Waals surface area contributed by atoms with E-state index >= 15 is 0 Å². The molecule has 3 heteroatoms. The smallest absolute Gasteiger partial charge is 0.311 e. The van der Waals surface area contributed by atoms with E-state index in [0.29, 0.717) is 0 Å². The topological polar surface area (TPSA) is 46.5 Å². The van der Waals surface area contributed by atoms with Crippen molar-refractivity contribution in [2.75, 3.05) is 13.7 Å². The zero-order valence-electron chi connectivity index (χ0n) is 6.96. The molecule has 0 radical (unpaired) electrons. The van der Waals surface area contributed by atoms with Crippen LogP contribution in [0, 0.1) is 11.3 Å². The van der Waals surface area contributed by atoms with Gasteiger partial charge >= 0.3 is 5.97 Å². The van der Waals surface area contributed by atoms with E-state index in [4.69, 9.17) is 5.11 Å². The summed E-state index contributed by atoms with van der Waals surface area (Å²) in [6.07, 6.45) is 1.77. The first-order valence-corrected chi connectivity index (χ1v) is 3.84. The first kappa shape index (κ1) is 8.53. The third kappa shape index (κ3) is 1.13. The quantitative estimate of drug-likeness (QED) is 0.597. The molecule has 1 aliphatic carbocycles. The van der Waals surface area contributed by atoms with Gasteiger partial charge in [0.15, 0.2) is 0 Å². The molecule has 0 amide bonds. The Morgan fingerprint density at radius 1 is 1.82 bits per heavy atom. The van der Waals surface area contributed by atoms with E-state index < -0.39 is 5.41 Å². The molecule has 0 aromatic heterocycles. The van der Waals surface area contributed by atoms with Gasteiger partial charge in [0.25, 0.3) is 0 Å². The molecular weight excluding hydrogens is 144 g/mol. The number of rotatable bonds is 2. The third-order valence-corrected chi connectivity index (χ3v) is 2.79. The second-order valence-electron chi connectivity index (χ2n) is 3.33. The van der Waals surface area contributed by atoms with E-state index in [1.165, 1.54) is 7.11 Å². The Bertz CT molecular complexity index is 165. The number of hydrogen-bond donors (Lipinski definition) is 1. The average Bonchev–Trinajstić information content (AvgIpc) is 2.00. The normalized spacial score (nSPS) is 36.1. The van der Waals surface area contributed by atoms with Gasteiger partial charge in [-0.05, 0) is 25.7 Å². The van der Waals surface area contributed by atoms with Gasteiger partial charge in [0.1, 0.15) is 0 Å². The van der Waals surface area contributed by atoms with Crippen LogP contribution < -0.4 is 0 Å². The van der Waals surface area contributed by atoms with Crippen LogP contribution in [-0.4, -0.2) is 24.8 Å². The Morgan fingerprint density at radius 2 is 2.45 bits per heavy atom. The minimum atomic E-state index is -0.413. The zero-order chi connectivity index (χ0) is 8.48. The predicted octanol–water partition coefficient (Wildman–Crippen LogP) is 0.568. The number of carbonyl (C=O) groups excluding carboxylic acids is 1. The van der Waals surface area contributed by atoms with Gasteiger partial charge in [-0.25, -0.2) is 0 Å². The van der Waals surface area contributed by atoms with E-state index in [1.54, 1.807) is 0 Å². The van der Waals surface area contributed by atoms with Gasteiger partial charge in [-0.15, -0.1) is 0 Å². The second kappa shape index (κ2) is 2.81. The molecule has 1 aliphatic rings. The van der Waals surface area contributed by atoms with E-state index in [1.807, 2.05) is 6.92 Å². The number of esters is 1. The molecule has 11 heavy (non-hydrogen) atoms. The van der Waals surface area contributed by atoms with E-state index in [2.05, 4.69) is 4.74 Å². The van der Waals surface area contributed by atoms with Crippen LogP contribution in [0.4, 0.5) is 0 Å². The number of ether oxygens (including phenoxy) is 1. The molecule has 1 rings (SSSR count). The highest BCUT2D eigenvalue weighted by atomic mass is 16.5. The molecule has 64 valence electrons. The van der Waals surface area contributed by atoms with Crippen LogP contribution in [0.1, 0.15) is 19.8 Å². The van der Waals surface area contributed by atoms with Crippen molar-refractivity contribution in [3.63, 3.8) is 0 Å². The molecule has 1 fully saturated rings. The minimum absolute atomic E-state index is 0.0889. The fourth-order valence-electron chi connectivity index (χ4n) is 1.58. The Balaban J connectivity index is 2.60. The maximum absolute atomic E-state index is 11.2. The summed E-state index contributed by atoms with van der Waals surface area (Å²) in [6.45, 7) is 1.94. The van der Waals surface area contributed by atoms with Crippen LogP contribution in [0.25, 0.3) is 0 Å². The molecule has 0 unspecified atom stereocenters. The highest BCUT2D eigenvalue weighted by Crippen LogP contribution is 2.46. The lowest BCUT2D eigenvalue weighted by Crippen LogP contribution is -2.46. The molecule has 1 saturated carbocycles. The van der Waals surface area contributed by atoms with Crippen LogP contribution >= 0.6 is 0 Å². The first-order chi connectivity index (χ1) is 5.15. The lowest BCUT2D eigenvalue weighted by atomic mass is 9.61. The molecule has 1 N–H and O–H groups in total. The summed E-state index contributed by atoms with van der Waals surface area (Å²) in [5.41, 5.74) is -0.413. The molecular formula is C8H14O3. The Hall–Kier alpha value is -0.570. The zero-order valence-corrected chi connectivity index (χ0v) is 6.96. The fourth-order valence-corrected chi connectivity index (χ4v) is 1.58. The SMILES string of the molecule is COC(=O)[C@]1(C)CC[C@H]1CO. The largest absolute Gasteiger partial charge is 0.469 e. The monoisotopic (exact) mass is 158 g/mol. The standard InChI is InChI=1S/C8H14O3/c1-8(7(10)11-2)4-3-6(8)5-9/h6,9H,3-5H2,1-2H3/t6-,8+/m0/s1. The summed E-state index contributed by atoms with van der Waals surface area (Å²) >= 11 is 0. The summed E-state index contributed by atoms with van der Waals surface area (Å²) in [5.74, 6) is -0.0854. The van der Waals surface area contributed by atoms with E-state index in [0.717, 1.165) is 12.8 Å². The summed E-state index contributed by atoms with van der Waals surface area (Å²) in [6, 6.07) is 0. The van der Waals surface area contributed by atoms with Gasteiger partial charge in [-0.3, -0.25) is 4.79 Å². The van der Waals surface area contributed by atoms with Crippen molar-refractivity contribution >= 4 is 5.97 Å². The number of aliphatic hydroxyl groups is 1. The highest BCUT2D eigenvalue weighted by molar-refractivity contribution is 5.77. The lowest BCUT2D eigenvalue weighted by molar-refractivity contribution is -0.165. The molecule has 3 nitrogen and oxygen atoms in total. The van der Waals surface area contributed by atoms with Crippen LogP contribution in [0.15, 0.2) is 0 Å². The van der Waals surface area contributed by atoms with Gasteiger partial charge in [-0.2, -0.15) is 0 Å². The van der Waals surface area contributed by atoms with Crippen LogP contribution in [0.5, 0.6) is 0 Å². The lowest BCUT2D eigenvalue weighted by Gasteiger charge is -2.43. The van der Waals surface area contributed by atoms with E-state index in [-0.39, 0.29) is 18.5 Å². The molecule has 0 spiro atoms. The number of carbonyl (C=O) groups is 1. The molecule has 0 bridgehead atoms. The third-order valence-electron chi connectivity index (χ3n) is 2.79. The van der Waals surface area contributed by atoms with Gasteiger partial charge in [0.05, 0.1) is 12.5 Å². The summed E-state index contributed by atoms with van der Waals surface area (Å²) in [5, 5.41) is 8.86. The molecule has 0 heterocycles. The van der Waals surface area contributed by atoms with E-state index in [9.17, 15) is 4.79 Å². The Morgan fingerprint density at radius 3 is 2.73 bits per heavy atom. The maximum atomic E-state index is 11.2. The Labute approximate surface area is 66.4 Å². The van der Waals surface area contributed by atoms with Gasteiger partial charge < -0.3 is 9.84 Å². The van der Waals surface area contributed by atoms with Crippen molar-refractivity contribution in [2.24, 2.45) is 11.3 Å². The van der Waals surface area contributed by atoms with Crippen molar-refractivity contribution in [3.05, 3.63) is 0 Å². The number of aliphatic hydroxyl groups excluding tert-OH is 1. The van der Waals surface area contributed by atoms with Gasteiger partial charge in [-0.1, -0.05) is 0 Å². The summed E-state index contributed by atoms with van der Waals surface area (Å²) in [7, 11) is 1.39. The van der Waals surface area contributed by atoms with Crippen LogP contribution in [0.3, 0.4) is 0 Å². The van der Waals surface area contributed by atoms with Crippen molar-refractivity contribution in [1.29, 1.82) is 0 Å². The van der Waals surface area contributed by atoms with Crippen molar-refractivity contribution in [2.45, 2.75) is 19.8 Å². The van der Waals surface area contributed by atoms with Crippen LogP contribution in [-0.2, 0) is 9.53 Å². The second-order valence-corrected chi connectivity index (χ2v) is 3.33.